The smallest absolute Gasteiger partial charge is 0.329 e. The summed E-state index contributed by atoms with van der Waals surface area (Å²) in [6, 6.07) is 0. The first-order valence-corrected chi connectivity index (χ1v) is 48.9. The zero-order valence-electron chi connectivity index (χ0n) is 83.7. The zero-order chi connectivity index (χ0) is 98.3. The maximum absolute atomic E-state index is 10.3. The summed E-state index contributed by atoms with van der Waals surface area (Å²) >= 11 is 0. The normalized spacial score (nSPS) is 11.8. The number of carboxylic acids is 1. The molecule has 0 aromatic carbocycles. The fourth-order valence-electron chi connectivity index (χ4n) is 9.76. The minimum absolute atomic E-state index is 0.229. The first kappa shape index (κ1) is 136. The van der Waals surface area contributed by atoms with Crippen LogP contribution < -0.4 is 0 Å². The highest BCUT2D eigenvalue weighted by molar-refractivity contribution is 5.67. The van der Waals surface area contributed by atoms with E-state index in [2.05, 4.69) is 0 Å². The van der Waals surface area contributed by atoms with Crippen LogP contribution in [-0.4, -0.2) is 606 Å². The second-order valence-corrected chi connectivity index (χ2v) is 27.8. The van der Waals surface area contributed by atoms with Gasteiger partial charge in [-0.05, 0) is 0 Å². The standard InChI is InChI=1S/C91H182O47/c1-94-2-3-95-4-5-96-6-7-97-8-9-98-10-11-99-12-13-100-14-15-101-16-17-102-18-19-103-20-21-104-22-23-105-24-25-106-26-27-107-28-29-108-30-31-109-32-33-110-34-35-111-36-37-112-38-39-113-40-41-114-42-43-115-44-45-116-46-47-117-48-49-118-50-51-119-52-53-120-54-55-121-56-57-122-58-59-123-60-61-124-62-63-125-64-65-126-66-67-127-68-69-128-70-71-129-72-73-130-74-75-131-76-77-132-78-79-133-80-81-134-82-83-135-84-85-136-86-87-137-88-89-138-90-91(92)93/h2-90H2,1H3,(H,92,93). The first-order valence-electron chi connectivity index (χ1n) is 48.9. The van der Waals surface area contributed by atoms with Crippen LogP contribution in [0.1, 0.15) is 0 Å². The number of carboxylic acid groups (broad SMARTS) is 1. The summed E-state index contributed by atoms with van der Waals surface area (Å²) in [5.41, 5.74) is 0. The molecule has 47 heteroatoms. The highest BCUT2D eigenvalue weighted by atomic mass is 16.7. The number of methoxy groups -OCH3 is 1. The molecule has 0 aliphatic heterocycles. The molecule has 0 heterocycles. The van der Waals surface area contributed by atoms with Crippen LogP contribution in [0.2, 0.25) is 0 Å². The fraction of sp³-hybridized carbons (Fsp3) is 0.989. The Kier molecular flexibility index (Phi) is 130. The van der Waals surface area contributed by atoms with E-state index in [1.54, 1.807) is 7.11 Å². The van der Waals surface area contributed by atoms with Gasteiger partial charge < -0.3 is 218 Å². The molecule has 0 aliphatic rings. The first-order chi connectivity index (χ1) is 68.8. The third kappa shape index (κ3) is 134. The Morgan fingerprint density at radius 3 is 0.203 bits per heavy atom. The summed E-state index contributed by atoms with van der Waals surface area (Å²) in [6.45, 7) is 41.3. The molecule has 0 saturated heterocycles. The van der Waals surface area contributed by atoms with Crippen LogP contribution in [0.5, 0.6) is 0 Å². The molecule has 0 saturated carbocycles. The Hall–Kier alpha value is -2.33. The van der Waals surface area contributed by atoms with E-state index in [-0.39, 0.29) is 13.2 Å². The van der Waals surface area contributed by atoms with Gasteiger partial charge in [-0.25, -0.2) is 4.79 Å². The highest BCUT2D eigenvalue weighted by Gasteiger charge is 2.07. The summed E-state index contributed by atoms with van der Waals surface area (Å²) in [5.74, 6) is -1.00. The summed E-state index contributed by atoms with van der Waals surface area (Å²) in [5, 5.41) is 8.48. The Morgan fingerprint density at radius 2 is 0.152 bits per heavy atom. The van der Waals surface area contributed by atoms with E-state index in [0.29, 0.717) is 575 Å². The fourth-order valence-corrected chi connectivity index (χ4v) is 9.76. The van der Waals surface area contributed by atoms with Gasteiger partial charge in [0.2, 0.25) is 0 Å². The third-order valence-corrected chi connectivity index (χ3v) is 16.7. The number of carbonyl (C=O) groups is 1. The van der Waals surface area contributed by atoms with Gasteiger partial charge in [-0.2, -0.15) is 0 Å². The number of hydrogen-bond donors (Lipinski definition) is 1. The third-order valence-electron chi connectivity index (χ3n) is 16.7. The molecule has 47 nitrogen and oxygen atoms in total. The number of hydrogen-bond acceptors (Lipinski definition) is 46. The van der Waals surface area contributed by atoms with Crippen molar-refractivity contribution >= 4 is 5.97 Å². The van der Waals surface area contributed by atoms with Crippen molar-refractivity contribution in [2.24, 2.45) is 0 Å². The molecule has 0 bridgehead atoms. The minimum atomic E-state index is -1.00. The summed E-state index contributed by atoms with van der Waals surface area (Å²) in [7, 11) is 1.64. The number of aliphatic carboxylic acids is 1. The summed E-state index contributed by atoms with van der Waals surface area (Å²) in [4.78, 5) is 10.3. The maximum Gasteiger partial charge on any atom is 0.329 e. The Balaban J connectivity index is 3.11. The van der Waals surface area contributed by atoms with Gasteiger partial charge in [0.25, 0.3) is 0 Å². The van der Waals surface area contributed by atoms with Crippen LogP contribution in [0.3, 0.4) is 0 Å². The average Bonchev–Trinajstić information content (AvgIpc) is 1.11. The quantitative estimate of drug-likeness (QED) is 0.0808. The van der Waals surface area contributed by atoms with Crippen LogP contribution in [0, 0.1) is 0 Å². The molecule has 0 fully saturated rings. The molecule has 0 aliphatic carbocycles. The monoisotopic (exact) mass is 2030 g/mol. The lowest BCUT2D eigenvalue weighted by Crippen LogP contribution is -2.16. The second kappa shape index (κ2) is 133. The number of ether oxygens (including phenoxy) is 45. The van der Waals surface area contributed by atoms with Crippen LogP contribution in [-0.2, 0) is 218 Å². The molecule has 0 spiro atoms. The van der Waals surface area contributed by atoms with E-state index in [4.69, 9.17) is 218 Å². The average molecular weight is 2030 g/mol. The van der Waals surface area contributed by atoms with Crippen molar-refractivity contribution in [3.63, 3.8) is 0 Å². The molecule has 0 amide bonds. The van der Waals surface area contributed by atoms with Crippen molar-refractivity contribution in [1.82, 2.24) is 0 Å². The molecule has 0 unspecified atom stereocenters. The van der Waals surface area contributed by atoms with E-state index >= 15 is 0 Å². The molecular formula is C91H182O47. The lowest BCUT2D eigenvalue weighted by molar-refractivity contribution is -0.142. The van der Waals surface area contributed by atoms with E-state index in [0.717, 1.165) is 0 Å². The van der Waals surface area contributed by atoms with Crippen LogP contribution in [0.25, 0.3) is 0 Å². The van der Waals surface area contributed by atoms with Crippen molar-refractivity contribution in [2.45, 2.75) is 0 Å². The lowest BCUT2D eigenvalue weighted by atomic mass is 10.6. The Morgan fingerprint density at radius 1 is 0.101 bits per heavy atom. The van der Waals surface area contributed by atoms with Gasteiger partial charge >= 0.3 is 5.97 Å². The topological polar surface area (TPSA) is 453 Å². The van der Waals surface area contributed by atoms with Crippen molar-refractivity contribution in [3.8, 4) is 0 Å². The van der Waals surface area contributed by atoms with E-state index in [1.807, 2.05) is 0 Å². The SMILES string of the molecule is COCCOCCOCCOCCOCCOCCOCCOCCOCCOCCOCCOCCOCCOCCOCCOCCOCCOCCOCCOCCOCCOCCOCCOCCOCCOCCOCCOCCOCCOCCOCCOCCOCCOCCOCCOCCOCCOCCOCCOCCOCCOCCOCCOCCOCC(=O)O. The summed E-state index contributed by atoms with van der Waals surface area (Å²) < 4.78 is 247. The molecule has 1 N–H and O–H groups in total. The van der Waals surface area contributed by atoms with Crippen molar-refractivity contribution in [1.29, 1.82) is 0 Å². The Bertz CT molecular complexity index is 1940. The number of rotatable bonds is 134. The van der Waals surface area contributed by atoms with Gasteiger partial charge in [0.05, 0.1) is 581 Å². The highest BCUT2D eigenvalue weighted by Crippen LogP contribution is 1.97. The molecule has 0 atom stereocenters. The Labute approximate surface area is 821 Å². The minimum Gasteiger partial charge on any atom is -0.480 e. The molecule has 0 rings (SSSR count). The van der Waals surface area contributed by atoms with E-state index in [9.17, 15) is 4.79 Å². The summed E-state index contributed by atoms with van der Waals surface area (Å²) in [6.07, 6.45) is 0. The van der Waals surface area contributed by atoms with Crippen molar-refractivity contribution in [2.75, 3.05) is 595 Å². The van der Waals surface area contributed by atoms with Gasteiger partial charge in [-0.15, -0.1) is 0 Å². The molecule has 828 valence electrons. The molecule has 0 aromatic heterocycles. The maximum atomic E-state index is 10.3. The van der Waals surface area contributed by atoms with Crippen molar-refractivity contribution < 1.29 is 223 Å². The second-order valence-electron chi connectivity index (χ2n) is 27.8. The van der Waals surface area contributed by atoms with Gasteiger partial charge in [-0.1, -0.05) is 0 Å². The lowest BCUT2D eigenvalue weighted by Gasteiger charge is -2.09. The predicted octanol–water partition coefficient (Wildman–Crippen LogP) is 0.448. The van der Waals surface area contributed by atoms with Crippen LogP contribution in [0.4, 0.5) is 0 Å². The zero-order valence-corrected chi connectivity index (χ0v) is 83.7. The van der Waals surface area contributed by atoms with Crippen molar-refractivity contribution in [3.05, 3.63) is 0 Å². The van der Waals surface area contributed by atoms with E-state index < -0.39 is 5.97 Å². The molecule has 138 heavy (non-hydrogen) atoms. The molecule has 0 aromatic rings. The van der Waals surface area contributed by atoms with E-state index in [1.165, 1.54) is 0 Å². The van der Waals surface area contributed by atoms with Gasteiger partial charge in [-0.3, -0.25) is 0 Å². The van der Waals surface area contributed by atoms with Gasteiger partial charge in [0.15, 0.2) is 0 Å². The largest absolute Gasteiger partial charge is 0.480 e. The molecular weight excluding hydrogens is 1840 g/mol. The molecule has 0 radical (unpaired) electrons. The van der Waals surface area contributed by atoms with Gasteiger partial charge in [0.1, 0.15) is 6.61 Å². The van der Waals surface area contributed by atoms with Gasteiger partial charge in [0, 0.05) is 7.11 Å². The predicted molar refractivity (Wildman–Crippen MR) is 496 cm³/mol. The van der Waals surface area contributed by atoms with Crippen LogP contribution >= 0.6 is 0 Å². The van der Waals surface area contributed by atoms with Crippen LogP contribution in [0.15, 0.2) is 0 Å².